The largest absolute Gasteiger partial charge is 0.351 e. The Balaban J connectivity index is 2.44. The number of hydrogen-bond donors (Lipinski definition) is 0. The summed E-state index contributed by atoms with van der Waals surface area (Å²) < 4.78 is 0. The van der Waals surface area contributed by atoms with Gasteiger partial charge >= 0.3 is 0 Å². The molecule has 0 unspecified atom stereocenters. The van der Waals surface area contributed by atoms with Crippen LogP contribution < -0.4 is 0 Å². The Labute approximate surface area is 107 Å². The van der Waals surface area contributed by atoms with Crippen LogP contribution in [0.2, 0.25) is 0 Å². The molecule has 1 aliphatic heterocycles. The molecule has 0 fully saturated rings. The first-order chi connectivity index (χ1) is 8.30. The molecule has 1 heterocycles. The van der Waals surface area contributed by atoms with Crippen molar-refractivity contribution in [1.29, 1.82) is 0 Å². The van der Waals surface area contributed by atoms with Gasteiger partial charge in [-0.25, -0.2) is 4.99 Å². The third kappa shape index (κ3) is 2.39. The summed E-state index contributed by atoms with van der Waals surface area (Å²) in [7, 11) is 0. The van der Waals surface area contributed by atoms with Crippen molar-refractivity contribution in [1.82, 2.24) is 4.90 Å². The summed E-state index contributed by atoms with van der Waals surface area (Å²) in [6.07, 6.45) is 2.17. The molecule has 1 aromatic rings. The third-order valence-electron chi connectivity index (χ3n) is 2.88. The van der Waals surface area contributed by atoms with Crippen LogP contribution in [0.1, 0.15) is 26.3 Å². The molecule has 0 aromatic heterocycles. The molecule has 0 atom stereocenters. The zero-order valence-corrected chi connectivity index (χ0v) is 11.4. The second kappa shape index (κ2) is 5.41. The highest BCUT2D eigenvalue weighted by atomic mass is 32.2. The summed E-state index contributed by atoms with van der Waals surface area (Å²) in [5.74, 6) is 0. The third-order valence-corrected chi connectivity index (χ3v) is 4.09. The highest BCUT2D eigenvalue weighted by Crippen LogP contribution is 2.40. The molecule has 2 rings (SSSR count). The lowest BCUT2D eigenvalue weighted by Gasteiger charge is -2.26. The second-order valence-electron chi connectivity index (χ2n) is 3.84. The first kappa shape index (κ1) is 12.2. The molecule has 90 valence electrons. The molecule has 0 spiro atoms. The Bertz CT molecular complexity index is 459. The van der Waals surface area contributed by atoms with E-state index >= 15 is 0 Å². The Kier molecular flexibility index (Phi) is 3.89. The van der Waals surface area contributed by atoms with Crippen molar-refractivity contribution < 1.29 is 0 Å². The van der Waals surface area contributed by atoms with E-state index in [1.54, 1.807) is 11.8 Å². The smallest absolute Gasteiger partial charge is 0.169 e. The van der Waals surface area contributed by atoms with Crippen LogP contribution >= 0.6 is 11.8 Å². The van der Waals surface area contributed by atoms with Crippen LogP contribution in [-0.2, 0) is 0 Å². The molecule has 0 radical (unpaired) electrons. The summed E-state index contributed by atoms with van der Waals surface area (Å²) in [6, 6.07) is 8.34. The zero-order valence-electron chi connectivity index (χ0n) is 10.6. The zero-order chi connectivity index (χ0) is 12.3. The van der Waals surface area contributed by atoms with E-state index in [1.165, 1.54) is 10.5 Å². The highest BCUT2D eigenvalue weighted by Gasteiger charge is 2.19. The average molecular weight is 246 g/mol. The fraction of sp³-hybridized carbons (Fsp3) is 0.357. The number of rotatable bonds is 2. The molecule has 1 aromatic carbocycles. The monoisotopic (exact) mass is 246 g/mol. The highest BCUT2D eigenvalue weighted by molar-refractivity contribution is 8.21. The number of aliphatic imine (C=N–C) groups is 1. The summed E-state index contributed by atoms with van der Waals surface area (Å²) in [5.41, 5.74) is 2.33. The molecule has 0 N–H and O–H groups in total. The molecular formula is C14H18N2S. The Hall–Kier alpha value is -1.22. The van der Waals surface area contributed by atoms with Crippen molar-refractivity contribution in [3.63, 3.8) is 0 Å². The lowest BCUT2D eigenvalue weighted by Crippen LogP contribution is -2.28. The van der Waals surface area contributed by atoms with Gasteiger partial charge in [0, 0.05) is 23.6 Å². The predicted molar refractivity (Wildman–Crippen MR) is 77.7 cm³/mol. The fourth-order valence-corrected chi connectivity index (χ4v) is 3.03. The molecule has 0 aliphatic carbocycles. The maximum atomic E-state index is 4.75. The number of hydrogen-bond acceptors (Lipinski definition) is 3. The molecular weight excluding hydrogens is 228 g/mol. The van der Waals surface area contributed by atoms with Crippen molar-refractivity contribution >= 4 is 27.5 Å². The maximum Gasteiger partial charge on any atom is 0.169 e. The number of fused-ring (bicyclic) bond motifs is 1. The lowest BCUT2D eigenvalue weighted by molar-refractivity contribution is 0.475. The van der Waals surface area contributed by atoms with Crippen LogP contribution in [0.25, 0.3) is 4.91 Å². The minimum atomic E-state index is 1.00. The van der Waals surface area contributed by atoms with Gasteiger partial charge in [-0.15, -0.1) is 0 Å². The van der Waals surface area contributed by atoms with E-state index in [4.69, 9.17) is 4.99 Å². The minimum absolute atomic E-state index is 1.00. The van der Waals surface area contributed by atoms with E-state index in [1.807, 2.05) is 6.07 Å². The van der Waals surface area contributed by atoms with E-state index in [0.717, 1.165) is 23.9 Å². The van der Waals surface area contributed by atoms with Crippen LogP contribution in [-0.4, -0.2) is 23.2 Å². The summed E-state index contributed by atoms with van der Waals surface area (Å²) in [6.45, 7) is 8.43. The quantitative estimate of drug-likeness (QED) is 0.780. The minimum Gasteiger partial charge on any atom is -0.351 e. The standard InChI is InChI=1S/C14H18N2S/c1-4-13-11-9-7-8-10-12(11)15-14(17-13)16(5-2)6-3/h4,7-10H,5-6H2,1-3H3/b13-4-. The molecule has 2 nitrogen and oxygen atoms in total. The van der Waals surface area contributed by atoms with Crippen LogP contribution in [0.5, 0.6) is 0 Å². The number of benzene rings is 1. The molecule has 0 amide bonds. The van der Waals surface area contributed by atoms with Gasteiger partial charge in [0.25, 0.3) is 0 Å². The Morgan fingerprint density at radius 3 is 2.59 bits per heavy atom. The lowest BCUT2D eigenvalue weighted by atomic mass is 10.1. The first-order valence-electron chi connectivity index (χ1n) is 6.07. The van der Waals surface area contributed by atoms with E-state index in [9.17, 15) is 0 Å². The van der Waals surface area contributed by atoms with E-state index in [-0.39, 0.29) is 0 Å². The van der Waals surface area contributed by atoms with Crippen LogP contribution in [0.4, 0.5) is 5.69 Å². The van der Waals surface area contributed by atoms with Crippen LogP contribution in [0.3, 0.4) is 0 Å². The topological polar surface area (TPSA) is 15.6 Å². The van der Waals surface area contributed by atoms with Gasteiger partial charge in [0.1, 0.15) is 0 Å². The second-order valence-corrected chi connectivity index (χ2v) is 4.85. The van der Waals surface area contributed by atoms with Gasteiger partial charge in [-0.2, -0.15) is 0 Å². The van der Waals surface area contributed by atoms with E-state index in [2.05, 4.69) is 49.9 Å². The number of thioether (sulfide) groups is 1. The van der Waals surface area contributed by atoms with Crippen molar-refractivity contribution in [3.05, 3.63) is 35.9 Å². The van der Waals surface area contributed by atoms with Gasteiger partial charge in [-0.1, -0.05) is 36.0 Å². The average Bonchev–Trinajstić information content (AvgIpc) is 2.39. The SMILES string of the molecule is C/C=C1\SC(N(CC)CC)=Nc2ccccc21. The number of allylic oxidation sites excluding steroid dienone is 1. The van der Waals surface area contributed by atoms with Crippen LogP contribution in [0.15, 0.2) is 35.3 Å². The Morgan fingerprint density at radius 2 is 1.94 bits per heavy atom. The van der Waals surface area contributed by atoms with Crippen molar-refractivity contribution in [3.8, 4) is 0 Å². The first-order valence-corrected chi connectivity index (χ1v) is 6.89. The van der Waals surface area contributed by atoms with Crippen LogP contribution in [0, 0.1) is 0 Å². The van der Waals surface area contributed by atoms with Crippen molar-refractivity contribution in [2.75, 3.05) is 13.1 Å². The summed E-state index contributed by atoms with van der Waals surface area (Å²) >= 11 is 1.77. The molecule has 17 heavy (non-hydrogen) atoms. The fourth-order valence-electron chi connectivity index (χ4n) is 1.90. The van der Waals surface area contributed by atoms with Gasteiger partial charge < -0.3 is 4.90 Å². The van der Waals surface area contributed by atoms with Crippen molar-refractivity contribution in [2.24, 2.45) is 4.99 Å². The molecule has 0 bridgehead atoms. The molecule has 0 saturated heterocycles. The van der Waals surface area contributed by atoms with Gasteiger partial charge in [-0.05, 0) is 26.8 Å². The summed E-state index contributed by atoms with van der Waals surface area (Å²) in [4.78, 5) is 8.35. The summed E-state index contributed by atoms with van der Waals surface area (Å²) in [5, 5.41) is 1.11. The van der Waals surface area contributed by atoms with Crippen molar-refractivity contribution in [2.45, 2.75) is 20.8 Å². The number of amidine groups is 1. The predicted octanol–water partition coefficient (Wildman–Crippen LogP) is 4.12. The van der Waals surface area contributed by atoms with E-state index in [0.29, 0.717) is 0 Å². The normalized spacial score (nSPS) is 16.6. The number of nitrogens with zero attached hydrogens (tertiary/aromatic N) is 2. The van der Waals surface area contributed by atoms with Gasteiger partial charge in [0.15, 0.2) is 5.17 Å². The Morgan fingerprint density at radius 1 is 1.24 bits per heavy atom. The maximum absolute atomic E-state index is 4.75. The van der Waals surface area contributed by atoms with Gasteiger partial charge in [-0.3, -0.25) is 0 Å². The van der Waals surface area contributed by atoms with E-state index < -0.39 is 0 Å². The van der Waals surface area contributed by atoms with Gasteiger partial charge in [0.2, 0.25) is 0 Å². The molecule has 3 heteroatoms. The molecule has 0 saturated carbocycles. The van der Waals surface area contributed by atoms with Gasteiger partial charge in [0.05, 0.1) is 5.69 Å². The number of para-hydroxylation sites is 1. The molecule has 1 aliphatic rings.